The second-order valence-electron chi connectivity index (χ2n) is 3.01. The number of rotatable bonds is 2. The molecule has 1 saturated heterocycles. The number of halogens is 2. The summed E-state index contributed by atoms with van der Waals surface area (Å²) >= 11 is 5.78. The zero-order valence-corrected chi connectivity index (χ0v) is 10.6. The Kier molecular flexibility index (Phi) is 3.10. The van der Waals surface area contributed by atoms with Crippen LogP contribution in [0.2, 0.25) is 0 Å². The van der Waals surface area contributed by atoms with E-state index in [1.807, 2.05) is 0 Å². The number of nitrogens with one attached hydrogen (secondary N) is 1. The number of hydrogen-bond donors (Lipinski definition) is 1. The highest BCUT2D eigenvalue weighted by molar-refractivity contribution is 14.1. The van der Waals surface area contributed by atoms with Crippen molar-refractivity contribution >= 4 is 44.2 Å². The van der Waals surface area contributed by atoms with Crippen LogP contribution >= 0.6 is 38.5 Å². The van der Waals surface area contributed by atoms with E-state index in [1.165, 1.54) is 9.26 Å². The Morgan fingerprint density at radius 3 is 2.77 bits per heavy atom. The van der Waals surface area contributed by atoms with Crippen LogP contribution in [0.4, 0.5) is 5.69 Å². The number of ether oxygens (including phenoxy) is 1. The molecule has 70 valence electrons. The lowest BCUT2D eigenvalue weighted by Gasteiger charge is -2.27. The quantitative estimate of drug-likeness (QED) is 0.825. The molecule has 0 saturated carbocycles. The molecule has 4 heteroatoms. The molecule has 1 aliphatic rings. The van der Waals surface area contributed by atoms with Gasteiger partial charge in [-0.15, -0.1) is 0 Å². The van der Waals surface area contributed by atoms with Crippen LogP contribution in [0.3, 0.4) is 0 Å². The fourth-order valence-electron chi connectivity index (χ4n) is 1.14. The first-order valence-corrected chi connectivity index (χ1v) is 5.92. The topological polar surface area (TPSA) is 21.3 Å². The number of benzene rings is 1. The van der Waals surface area contributed by atoms with Crippen LogP contribution in [0.25, 0.3) is 0 Å². The van der Waals surface area contributed by atoms with Crippen molar-refractivity contribution in [3.63, 3.8) is 0 Å². The first kappa shape index (κ1) is 9.73. The molecule has 0 spiro atoms. The molecule has 0 unspecified atom stereocenters. The zero-order chi connectivity index (χ0) is 9.26. The summed E-state index contributed by atoms with van der Waals surface area (Å²) in [6.45, 7) is 1.65. The second-order valence-corrected chi connectivity index (χ2v) is 5.02. The minimum Gasteiger partial charge on any atom is -0.378 e. The zero-order valence-electron chi connectivity index (χ0n) is 6.89. The summed E-state index contributed by atoms with van der Waals surface area (Å²) in [7, 11) is 0. The molecule has 13 heavy (non-hydrogen) atoms. The average Bonchev–Trinajstić information content (AvgIpc) is 2.04. The molecular formula is C9H9BrINO. The third-order valence-electron chi connectivity index (χ3n) is 1.93. The molecule has 1 heterocycles. The van der Waals surface area contributed by atoms with Gasteiger partial charge in [0.1, 0.15) is 0 Å². The van der Waals surface area contributed by atoms with Crippen molar-refractivity contribution in [1.29, 1.82) is 0 Å². The summed E-state index contributed by atoms with van der Waals surface area (Å²) in [5, 5.41) is 3.40. The van der Waals surface area contributed by atoms with E-state index >= 15 is 0 Å². The second kappa shape index (κ2) is 4.14. The van der Waals surface area contributed by atoms with Gasteiger partial charge < -0.3 is 10.1 Å². The molecule has 2 rings (SSSR count). The minimum absolute atomic E-state index is 0.497. The molecular weight excluding hydrogens is 345 g/mol. The summed E-state index contributed by atoms with van der Waals surface area (Å²) in [6, 6.07) is 6.76. The summed E-state index contributed by atoms with van der Waals surface area (Å²) in [4.78, 5) is 0. The Hall–Kier alpha value is 0.190. The van der Waals surface area contributed by atoms with Gasteiger partial charge in [0.25, 0.3) is 0 Å². The number of anilines is 1. The van der Waals surface area contributed by atoms with Crippen molar-refractivity contribution < 1.29 is 4.74 Å². The fraction of sp³-hybridized carbons (Fsp3) is 0.333. The molecule has 1 aromatic rings. The molecule has 1 N–H and O–H groups in total. The Labute approximate surface area is 99.3 Å². The molecule has 1 aromatic carbocycles. The molecule has 1 fully saturated rings. The van der Waals surface area contributed by atoms with Gasteiger partial charge >= 0.3 is 0 Å². The third kappa shape index (κ3) is 2.35. The third-order valence-corrected chi connectivity index (χ3v) is 4.25. The van der Waals surface area contributed by atoms with Crippen LogP contribution in [0.1, 0.15) is 0 Å². The van der Waals surface area contributed by atoms with E-state index in [0.717, 1.165) is 17.7 Å². The van der Waals surface area contributed by atoms with E-state index in [9.17, 15) is 0 Å². The Morgan fingerprint density at radius 2 is 2.23 bits per heavy atom. The first-order chi connectivity index (χ1) is 6.25. The van der Waals surface area contributed by atoms with Gasteiger partial charge in [-0.3, -0.25) is 0 Å². The lowest BCUT2D eigenvalue weighted by Crippen LogP contribution is -2.40. The standard InChI is InChI=1S/C9H9BrINO/c10-8-2-1-6(3-9(8)11)12-7-4-13-5-7/h1-3,7,12H,4-5H2. The molecule has 0 atom stereocenters. The largest absolute Gasteiger partial charge is 0.378 e. The van der Waals surface area contributed by atoms with Crippen molar-refractivity contribution in [2.24, 2.45) is 0 Å². The average molecular weight is 354 g/mol. The van der Waals surface area contributed by atoms with E-state index in [4.69, 9.17) is 4.74 Å². The van der Waals surface area contributed by atoms with E-state index in [0.29, 0.717) is 6.04 Å². The van der Waals surface area contributed by atoms with Crippen LogP contribution in [-0.2, 0) is 4.74 Å². The van der Waals surface area contributed by atoms with E-state index in [-0.39, 0.29) is 0 Å². The lowest BCUT2D eigenvalue weighted by molar-refractivity contribution is 0.0211. The van der Waals surface area contributed by atoms with Crippen molar-refractivity contribution in [3.05, 3.63) is 26.2 Å². The van der Waals surface area contributed by atoms with Crippen LogP contribution in [0.5, 0.6) is 0 Å². The highest BCUT2D eigenvalue weighted by Gasteiger charge is 2.17. The molecule has 0 aliphatic carbocycles. The monoisotopic (exact) mass is 353 g/mol. The summed E-state index contributed by atoms with van der Waals surface area (Å²) in [5.41, 5.74) is 1.17. The van der Waals surface area contributed by atoms with Gasteiger partial charge in [0.05, 0.1) is 19.3 Å². The smallest absolute Gasteiger partial charge is 0.0728 e. The van der Waals surface area contributed by atoms with Gasteiger partial charge in [0.15, 0.2) is 0 Å². The van der Waals surface area contributed by atoms with Crippen LogP contribution in [-0.4, -0.2) is 19.3 Å². The molecule has 1 aliphatic heterocycles. The van der Waals surface area contributed by atoms with Gasteiger partial charge in [-0.1, -0.05) is 0 Å². The molecule has 0 amide bonds. The lowest BCUT2D eigenvalue weighted by atomic mass is 10.2. The predicted octanol–water partition coefficient (Wildman–Crippen LogP) is 2.86. The normalized spacial score (nSPS) is 16.8. The van der Waals surface area contributed by atoms with Gasteiger partial charge in [0.2, 0.25) is 0 Å². The summed E-state index contributed by atoms with van der Waals surface area (Å²) in [5.74, 6) is 0. The molecule has 2 nitrogen and oxygen atoms in total. The highest BCUT2D eigenvalue weighted by Crippen LogP contribution is 2.23. The van der Waals surface area contributed by atoms with E-state index in [2.05, 4.69) is 62.0 Å². The summed E-state index contributed by atoms with van der Waals surface area (Å²) < 4.78 is 7.45. The SMILES string of the molecule is Brc1ccc(NC2COC2)cc1I. The Balaban J connectivity index is 2.07. The minimum atomic E-state index is 0.497. The maximum absolute atomic E-state index is 5.09. The van der Waals surface area contributed by atoms with Crippen molar-refractivity contribution in [3.8, 4) is 0 Å². The first-order valence-electron chi connectivity index (χ1n) is 4.05. The molecule has 0 bridgehead atoms. The van der Waals surface area contributed by atoms with Crippen LogP contribution in [0, 0.1) is 3.57 Å². The highest BCUT2D eigenvalue weighted by atomic mass is 127. The van der Waals surface area contributed by atoms with E-state index < -0.39 is 0 Å². The van der Waals surface area contributed by atoms with Crippen molar-refractivity contribution in [1.82, 2.24) is 0 Å². The Bertz CT molecular complexity index is 314. The van der Waals surface area contributed by atoms with Gasteiger partial charge in [0, 0.05) is 13.7 Å². The van der Waals surface area contributed by atoms with Gasteiger partial charge in [-0.2, -0.15) is 0 Å². The number of hydrogen-bond acceptors (Lipinski definition) is 2. The maximum atomic E-state index is 5.09. The van der Waals surface area contributed by atoms with Crippen LogP contribution in [0.15, 0.2) is 22.7 Å². The Morgan fingerprint density at radius 1 is 1.46 bits per heavy atom. The van der Waals surface area contributed by atoms with Crippen LogP contribution < -0.4 is 5.32 Å². The maximum Gasteiger partial charge on any atom is 0.0728 e. The van der Waals surface area contributed by atoms with Gasteiger partial charge in [-0.05, 0) is 56.7 Å². The van der Waals surface area contributed by atoms with Crippen molar-refractivity contribution in [2.75, 3.05) is 18.5 Å². The van der Waals surface area contributed by atoms with E-state index in [1.54, 1.807) is 0 Å². The molecule has 0 radical (unpaired) electrons. The van der Waals surface area contributed by atoms with Crippen molar-refractivity contribution in [2.45, 2.75) is 6.04 Å². The van der Waals surface area contributed by atoms with Gasteiger partial charge in [-0.25, -0.2) is 0 Å². The fourth-order valence-corrected chi connectivity index (χ4v) is 1.90. The molecule has 0 aromatic heterocycles. The summed E-state index contributed by atoms with van der Waals surface area (Å²) in [6.07, 6.45) is 0. The predicted molar refractivity (Wildman–Crippen MR) is 65.1 cm³/mol.